The molecule has 12 aromatic heterocycles. The average molecular weight is 1910 g/mol. The third-order valence-corrected chi connectivity index (χ3v) is 22.0. The maximum Gasteiger partial charge on any atom is 0.354 e. The van der Waals surface area contributed by atoms with Gasteiger partial charge in [0.1, 0.15) is 28.1 Å². The molecule has 0 amide bonds. The number of aromatic nitrogens is 12. The number of methoxy groups -OCH3 is 8. The van der Waals surface area contributed by atoms with Crippen LogP contribution >= 0.6 is 0 Å². The summed E-state index contributed by atoms with van der Waals surface area (Å²) in [5, 5.41) is 17.7. The Bertz CT molecular complexity index is 7420. The molecule has 0 aliphatic rings. The fourth-order valence-electron chi connectivity index (χ4n) is 15.3. The van der Waals surface area contributed by atoms with Gasteiger partial charge in [-0.1, -0.05) is 123 Å². The zero-order chi connectivity index (χ0) is 95.0. The Labute approximate surface area is 817 Å². The number of carbonyl (C=O) groups is 8. The van der Waals surface area contributed by atoms with Crippen molar-refractivity contribution in [1.82, 2.24) is 27.4 Å². The number of fused-ring (bicyclic) bond motifs is 7. The first-order chi connectivity index (χ1) is 65.7. The molecule has 19 aromatic rings. The Kier molecular flexibility index (Phi) is 39.3. The van der Waals surface area contributed by atoms with Crippen molar-refractivity contribution < 1.29 is 109 Å². The first-order valence-electron chi connectivity index (χ1n) is 42.2. The molecule has 0 saturated carbocycles. The Morgan fingerprint density at radius 1 is 0.255 bits per heavy atom. The van der Waals surface area contributed by atoms with Gasteiger partial charge in [-0.3, -0.25) is 37.5 Å². The maximum atomic E-state index is 12.1. The summed E-state index contributed by atoms with van der Waals surface area (Å²) in [6, 6.07) is 83.0. The van der Waals surface area contributed by atoms with Gasteiger partial charge in [-0.25, -0.2) is 38.4 Å². The number of non-ortho nitro benzene ring substituents is 1. The highest BCUT2D eigenvalue weighted by Crippen LogP contribution is 2.27. The summed E-state index contributed by atoms with van der Waals surface area (Å²) in [6.07, 6.45) is 28.7. The molecule has 0 aliphatic heterocycles. The van der Waals surface area contributed by atoms with Crippen LogP contribution in [0.3, 0.4) is 0 Å². The molecule has 12 heterocycles. The van der Waals surface area contributed by atoms with Crippen molar-refractivity contribution in [2.45, 2.75) is 84.6 Å². The smallest absolute Gasteiger partial charge is 0.354 e. The second-order valence-electron chi connectivity index (χ2n) is 30.4. The minimum atomic E-state index is -0.411. The summed E-state index contributed by atoms with van der Waals surface area (Å²) < 4.78 is 62.2. The average Bonchev–Trinajstić information content (AvgIpc) is 1.75. The molecule has 7 aromatic carbocycles. The lowest BCUT2D eigenvalue weighted by Gasteiger charge is -2.07. The molecule has 0 fully saturated rings. The van der Waals surface area contributed by atoms with Gasteiger partial charge in [-0.15, -0.1) is 0 Å². The lowest BCUT2D eigenvalue weighted by molar-refractivity contribution is -0.701. The van der Waals surface area contributed by atoms with Crippen LogP contribution in [0.2, 0.25) is 0 Å². The van der Waals surface area contributed by atoms with E-state index in [0.29, 0.717) is 84.8 Å². The summed E-state index contributed by atoms with van der Waals surface area (Å²) in [7, 11) is 11.0. The SMILES string of the molecule is C.C.C.C.C.C.COC(=O)c1cc2ccccc2n1C[n+]1ccccc1.COC(=O)c1ccc2c(ccn2C[n+]2cc(C(=O)OC)cc3ccccc32)c1.COC(=O)c1ccc2ccn(C[n+]3ccccc3)c2c1.COC(=O)c1ccc2ccn(C[n+]3ccccc3)c2c1.COC(=O)c1ccc[n+](Cn2c(C(=O)OC)cc3ccccc32)c1.COC(=O)c1ccc[n+](Cn2ccc3cc([N+](=O)[O-])ccc32)c1. The van der Waals surface area contributed by atoms with Crippen LogP contribution in [0.4, 0.5) is 5.69 Å². The number of benzene rings is 7. The topological polar surface area (TPSA) is 306 Å². The number of nitrogens with zero attached hydrogens (tertiary/aromatic N) is 13. The van der Waals surface area contributed by atoms with Gasteiger partial charge in [0, 0.05) is 118 Å². The lowest BCUT2D eigenvalue weighted by atomic mass is 10.1. The Morgan fingerprint density at radius 3 is 1.01 bits per heavy atom. The normalized spacial score (nSPS) is 10.2. The zero-order valence-corrected chi connectivity index (χ0v) is 75.0. The number of nitro benzene ring substituents is 1. The molecule has 0 radical (unpaired) electrons. The van der Waals surface area contributed by atoms with Crippen LogP contribution in [0, 0.1) is 10.1 Å². The molecule has 0 saturated heterocycles. The van der Waals surface area contributed by atoms with E-state index in [1.807, 2.05) is 307 Å². The standard InChI is InChI=1S/C22H19N2O4.C18H17N2O4.C16H14N3O4.3C16H15N2O2.6CH4/c1-27-21(25)17-7-8-20-16(11-17)9-10-23(20)14-24-13-18(22(26)28-2)12-15-5-3-4-6-19(15)24;1-23-17(21)14-7-5-9-19(11-14)12-20-15-8-4-3-6-13(15)10-16(20)18(22)24-2;1-23-16(20)13-3-2-7-17(10-13)11-18-8-6-12-9-14(19(21)22)4-5-15(12)18;1-20-16(19)15-11-13-7-3-4-8-14(13)18(15)12-17-9-5-2-6-10-17;2*1-20-16(19)14-6-5-13-7-10-18(15(13)11-14)12-17-8-3-2-4-9-17;;;;;;/h3-13H,14H2,1-2H3;3-11H,12H2,1-2H3;2-10H,11H2,1H3;3*2-11H,12H2,1H3;6*1H4/q6*+1;;;;;;. The number of hydrogen-bond donors (Lipinski definition) is 0. The quantitative estimate of drug-likeness (QED) is 0.0212. The van der Waals surface area contributed by atoms with Gasteiger partial charge in [-0.2, -0.15) is 27.4 Å². The van der Waals surface area contributed by atoms with E-state index in [-0.39, 0.29) is 80.1 Å². The maximum absolute atomic E-state index is 12.1. The number of nitro groups is 1. The molecular weight excluding hydrogens is 1790 g/mol. The predicted molar refractivity (Wildman–Crippen MR) is 539 cm³/mol. The summed E-state index contributed by atoms with van der Waals surface area (Å²) in [4.78, 5) is 105. The number of rotatable bonds is 21. The largest absolute Gasteiger partial charge is 0.465 e. The number of hydrogen-bond acceptors (Lipinski definition) is 18. The molecule has 19 rings (SSSR count). The molecule has 0 unspecified atom stereocenters. The molecule has 31 nitrogen and oxygen atoms in total. The lowest BCUT2D eigenvalue weighted by Crippen LogP contribution is -2.38. The van der Waals surface area contributed by atoms with Gasteiger partial charge in [0.25, 0.3) is 5.69 Å². The van der Waals surface area contributed by atoms with Gasteiger partial charge >= 0.3 is 47.8 Å². The summed E-state index contributed by atoms with van der Waals surface area (Å²) >= 11 is 0. The third kappa shape index (κ3) is 26.2. The van der Waals surface area contributed by atoms with Crippen molar-refractivity contribution in [2.24, 2.45) is 0 Å². The second-order valence-corrected chi connectivity index (χ2v) is 30.4. The van der Waals surface area contributed by atoms with Gasteiger partial charge in [0.2, 0.25) is 45.5 Å². The molecule has 141 heavy (non-hydrogen) atoms. The Balaban J connectivity index is 0.000000206. The number of ether oxygens (including phenoxy) is 8. The van der Waals surface area contributed by atoms with Crippen LogP contribution in [0.15, 0.2) is 360 Å². The van der Waals surface area contributed by atoms with Gasteiger partial charge < -0.3 is 37.9 Å². The van der Waals surface area contributed by atoms with Crippen molar-refractivity contribution in [2.75, 3.05) is 56.9 Å². The van der Waals surface area contributed by atoms with E-state index in [2.05, 4.69) is 22.8 Å². The Hall–Kier alpha value is -17.9. The predicted octanol–water partition coefficient (Wildman–Crippen LogP) is 17.8. The molecule has 0 aliphatic carbocycles. The Morgan fingerprint density at radius 2 is 0.574 bits per heavy atom. The highest BCUT2D eigenvalue weighted by Gasteiger charge is 2.25. The van der Waals surface area contributed by atoms with Gasteiger partial charge in [-0.05, 0) is 132 Å². The first-order valence-corrected chi connectivity index (χ1v) is 42.2. The van der Waals surface area contributed by atoms with Crippen molar-refractivity contribution in [3.05, 3.63) is 415 Å². The van der Waals surface area contributed by atoms with Crippen molar-refractivity contribution in [1.29, 1.82) is 0 Å². The van der Waals surface area contributed by atoms with Crippen LogP contribution in [0.5, 0.6) is 0 Å². The molecule has 0 spiro atoms. The van der Waals surface area contributed by atoms with Gasteiger partial charge in [0.15, 0.2) is 68.2 Å². The van der Waals surface area contributed by atoms with Crippen LogP contribution in [0.25, 0.3) is 76.3 Å². The second kappa shape index (κ2) is 51.2. The fourth-order valence-corrected chi connectivity index (χ4v) is 15.3. The zero-order valence-electron chi connectivity index (χ0n) is 75.0. The molecule has 31 heteroatoms. The number of carbonyl (C=O) groups excluding carboxylic acids is 8. The first kappa shape index (κ1) is 108. The summed E-state index contributed by atoms with van der Waals surface area (Å²) in [6.45, 7) is 3.32. The van der Waals surface area contributed by atoms with E-state index >= 15 is 0 Å². The van der Waals surface area contributed by atoms with E-state index in [1.54, 1.807) is 79.3 Å². The number of esters is 8. The van der Waals surface area contributed by atoms with Crippen molar-refractivity contribution >= 4 is 130 Å². The number of para-hydroxylation sites is 3. The number of pyridine rings is 6. The highest BCUT2D eigenvalue weighted by atomic mass is 16.6. The van der Waals surface area contributed by atoms with Crippen molar-refractivity contribution in [3.8, 4) is 0 Å². The minimum absolute atomic E-state index is 0. The molecule has 0 atom stereocenters. The third-order valence-electron chi connectivity index (χ3n) is 22.0. The summed E-state index contributed by atoms with van der Waals surface area (Å²) in [5.41, 5.74) is 10.9. The van der Waals surface area contributed by atoms with E-state index < -0.39 is 22.8 Å². The molecule has 0 N–H and O–H groups in total. The van der Waals surface area contributed by atoms with Crippen LogP contribution in [0.1, 0.15) is 128 Å². The van der Waals surface area contributed by atoms with E-state index in [0.717, 1.165) is 76.3 Å². The molecule has 726 valence electrons. The monoisotopic (exact) mass is 1910 g/mol. The van der Waals surface area contributed by atoms with Crippen molar-refractivity contribution in [3.63, 3.8) is 0 Å². The van der Waals surface area contributed by atoms with Gasteiger partial charge in [0.05, 0.1) is 112 Å². The van der Waals surface area contributed by atoms with E-state index in [4.69, 9.17) is 37.9 Å². The summed E-state index contributed by atoms with van der Waals surface area (Å²) in [5.74, 6) is -2.89. The van der Waals surface area contributed by atoms with E-state index in [9.17, 15) is 48.5 Å². The van der Waals surface area contributed by atoms with Crippen LogP contribution in [-0.2, 0) is 77.9 Å². The van der Waals surface area contributed by atoms with E-state index in [1.165, 1.54) is 62.9 Å². The van der Waals surface area contributed by atoms with Crippen LogP contribution in [-0.4, -0.2) is 137 Å². The minimum Gasteiger partial charge on any atom is -0.465 e. The van der Waals surface area contributed by atoms with Crippen LogP contribution < -0.4 is 27.4 Å². The fraction of sp³-hybridized carbons (Fsp3) is 0.182. The molecule has 0 bridgehead atoms. The highest BCUT2D eigenvalue weighted by molar-refractivity contribution is 5.99. The molecular formula is C110H119N13O18+6.